The Morgan fingerprint density at radius 2 is 1.81 bits per heavy atom. The van der Waals surface area contributed by atoms with Crippen LogP contribution in [0.3, 0.4) is 0 Å². The molecule has 1 fully saturated rings. The number of amides is 2. The highest BCUT2D eigenvalue weighted by atomic mass is 16.4. The molecule has 0 aromatic heterocycles. The molecule has 0 spiro atoms. The number of likely N-dealkylation sites (N-methyl/N-ethyl adjacent to an activating group) is 1. The zero-order chi connectivity index (χ0) is 15.7. The molecule has 1 aliphatic carbocycles. The maximum Gasteiger partial charge on any atom is 0.315 e. The van der Waals surface area contributed by atoms with Crippen LogP contribution in [0.2, 0.25) is 0 Å². The number of aliphatic carboxylic acids is 1. The SMILES string of the molecule is CCCN(CC)CCNC(=O)NC1CCC(C(=O)O)CC1. The molecule has 0 saturated heterocycles. The lowest BCUT2D eigenvalue weighted by atomic mass is 9.86. The predicted octanol–water partition coefficient (Wildman–Crippen LogP) is 1.66. The highest BCUT2D eigenvalue weighted by molar-refractivity contribution is 5.74. The van der Waals surface area contributed by atoms with Crippen molar-refractivity contribution in [1.29, 1.82) is 0 Å². The van der Waals surface area contributed by atoms with Gasteiger partial charge in [-0.3, -0.25) is 4.79 Å². The van der Waals surface area contributed by atoms with Crippen molar-refractivity contribution in [2.24, 2.45) is 5.92 Å². The van der Waals surface area contributed by atoms with Gasteiger partial charge < -0.3 is 20.6 Å². The molecule has 1 rings (SSSR count). The van der Waals surface area contributed by atoms with Crippen molar-refractivity contribution in [2.75, 3.05) is 26.2 Å². The van der Waals surface area contributed by atoms with E-state index in [2.05, 4.69) is 29.4 Å². The quantitative estimate of drug-likeness (QED) is 0.636. The minimum absolute atomic E-state index is 0.110. The van der Waals surface area contributed by atoms with Crippen LogP contribution in [0.5, 0.6) is 0 Å². The molecule has 21 heavy (non-hydrogen) atoms. The van der Waals surface area contributed by atoms with Crippen molar-refractivity contribution in [1.82, 2.24) is 15.5 Å². The molecule has 0 bridgehead atoms. The first-order valence-corrected chi connectivity index (χ1v) is 8.06. The third kappa shape index (κ3) is 6.80. The number of urea groups is 1. The van der Waals surface area contributed by atoms with E-state index in [4.69, 9.17) is 5.11 Å². The molecule has 0 unspecified atom stereocenters. The second-order valence-electron chi connectivity index (χ2n) is 5.72. The maximum absolute atomic E-state index is 11.8. The van der Waals surface area contributed by atoms with E-state index in [-0.39, 0.29) is 18.0 Å². The van der Waals surface area contributed by atoms with E-state index in [1.807, 2.05) is 0 Å². The summed E-state index contributed by atoms with van der Waals surface area (Å²) >= 11 is 0. The fourth-order valence-corrected chi connectivity index (χ4v) is 2.79. The van der Waals surface area contributed by atoms with Crippen molar-refractivity contribution in [3.8, 4) is 0 Å². The number of carboxylic acid groups (broad SMARTS) is 1. The summed E-state index contributed by atoms with van der Waals surface area (Å²) in [5, 5.41) is 14.8. The maximum atomic E-state index is 11.8. The third-order valence-corrected chi connectivity index (χ3v) is 4.11. The van der Waals surface area contributed by atoms with Crippen molar-refractivity contribution >= 4 is 12.0 Å². The first-order valence-electron chi connectivity index (χ1n) is 8.06. The normalized spacial score (nSPS) is 22.0. The van der Waals surface area contributed by atoms with Crippen LogP contribution in [0.15, 0.2) is 0 Å². The molecular formula is C15H29N3O3. The summed E-state index contributed by atoms with van der Waals surface area (Å²) in [4.78, 5) is 25.0. The summed E-state index contributed by atoms with van der Waals surface area (Å²) in [6, 6.07) is -0.0279. The Kier molecular flexibility index (Phi) is 8.12. The van der Waals surface area contributed by atoms with E-state index >= 15 is 0 Å². The molecule has 0 radical (unpaired) electrons. The minimum Gasteiger partial charge on any atom is -0.481 e. The highest BCUT2D eigenvalue weighted by Crippen LogP contribution is 2.24. The van der Waals surface area contributed by atoms with E-state index in [1.54, 1.807) is 0 Å². The first-order chi connectivity index (χ1) is 10.1. The molecule has 0 aromatic rings. The van der Waals surface area contributed by atoms with Crippen LogP contribution >= 0.6 is 0 Å². The van der Waals surface area contributed by atoms with E-state index in [1.165, 1.54) is 0 Å². The molecule has 3 N–H and O–H groups in total. The van der Waals surface area contributed by atoms with E-state index in [0.717, 1.165) is 38.9 Å². The molecule has 1 aliphatic rings. The zero-order valence-corrected chi connectivity index (χ0v) is 13.2. The fraction of sp³-hybridized carbons (Fsp3) is 0.867. The van der Waals surface area contributed by atoms with Crippen molar-refractivity contribution in [3.05, 3.63) is 0 Å². The van der Waals surface area contributed by atoms with Gasteiger partial charge in [0.1, 0.15) is 0 Å². The summed E-state index contributed by atoms with van der Waals surface area (Å²) in [6.07, 6.45) is 3.93. The Morgan fingerprint density at radius 1 is 1.14 bits per heavy atom. The molecule has 6 heteroatoms. The van der Waals surface area contributed by atoms with Crippen LogP contribution in [-0.2, 0) is 4.79 Å². The van der Waals surface area contributed by atoms with Crippen LogP contribution in [0.25, 0.3) is 0 Å². The minimum atomic E-state index is -0.714. The standard InChI is InChI=1S/C15H29N3O3/c1-3-10-18(4-2)11-9-16-15(21)17-13-7-5-12(6-8-13)14(19)20/h12-13H,3-11H2,1-2H3,(H,19,20)(H2,16,17,21). The van der Waals surface area contributed by atoms with Gasteiger partial charge in [-0.15, -0.1) is 0 Å². The Bertz CT molecular complexity index is 328. The lowest BCUT2D eigenvalue weighted by Crippen LogP contribution is -2.46. The molecular weight excluding hydrogens is 270 g/mol. The van der Waals surface area contributed by atoms with Crippen LogP contribution < -0.4 is 10.6 Å². The monoisotopic (exact) mass is 299 g/mol. The third-order valence-electron chi connectivity index (χ3n) is 4.11. The number of carbonyl (C=O) groups excluding carboxylic acids is 1. The largest absolute Gasteiger partial charge is 0.481 e. The molecule has 6 nitrogen and oxygen atoms in total. The van der Waals surface area contributed by atoms with Crippen LogP contribution in [-0.4, -0.2) is 54.2 Å². The summed E-state index contributed by atoms with van der Waals surface area (Å²) in [5.41, 5.74) is 0. The fourth-order valence-electron chi connectivity index (χ4n) is 2.79. The Hall–Kier alpha value is -1.30. The van der Waals surface area contributed by atoms with Crippen molar-refractivity contribution < 1.29 is 14.7 Å². The smallest absolute Gasteiger partial charge is 0.315 e. The number of rotatable bonds is 8. The molecule has 0 atom stereocenters. The Labute approximate surface area is 127 Å². The van der Waals surface area contributed by atoms with Gasteiger partial charge in [-0.2, -0.15) is 0 Å². The van der Waals surface area contributed by atoms with Gasteiger partial charge in [0.05, 0.1) is 5.92 Å². The summed E-state index contributed by atoms with van der Waals surface area (Å²) in [5.74, 6) is -0.952. The lowest BCUT2D eigenvalue weighted by molar-refractivity contribution is -0.142. The van der Waals surface area contributed by atoms with Gasteiger partial charge in [-0.25, -0.2) is 4.79 Å². The topological polar surface area (TPSA) is 81.7 Å². The Balaban J connectivity index is 2.15. The molecule has 0 aliphatic heterocycles. The van der Waals surface area contributed by atoms with Gasteiger partial charge in [-0.1, -0.05) is 13.8 Å². The van der Waals surface area contributed by atoms with Crippen molar-refractivity contribution in [3.63, 3.8) is 0 Å². The van der Waals surface area contributed by atoms with Gasteiger partial charge in [-0.05, 0) is 45.2 Å². The zero-order valence-electron chi connectivity index (χ0n) is 13.2. The molecule has 122 valence electrons. The van der Waals surface area contributed by atoms with Gasteiger partial charge >= 0.3 is 12.0 Å². The predicted molar refractivity (Wildman–Crippen MR) is 82.3 cm³/mol. The number of carboxylic acids is 1. The second kappa shape index (κ2) is 9.60. The lowest BCUT2D eigenvalue weighted by Gasteiger charge is -2.27. The average Bonchev–Trinajstić information content (AvgIpc) is 2.46. The van der Waals surface area contributed by atoms with Gasteiger partial charge in [0.15, 0.2) is 0 Å². The second-order valence-corrected chi connectivity index (χ2v) is 5.72. The van der Waals surface area contributed by atoms with Crippen LogP contribution in [0.4, 0.5) is 4.79 Å². The van der Waals surface area contributed by atoms with Crippen LogP contribution in [0.1, 0.15) is 46.0 Å². The van der Waals surface area contributed by atoms with Crippen LogP contribution in [0, 0.1) is 5.92 Å². The van der Waals surface area contributed by atoms with E-state index in [9.17, 15) is 9.59 Å². The Morgan fingerprint density at radius 3 is 2.33 bits per heavy atom. The summed E-state index contributed by atoms with van der Waals surface area (Å²) < 4.78 is 0. The molecule has 0 heterocycles. The molecule has 2 amide bonds. The van der Waals surface area contributed by atoms with Gasteiger partial charge in [0.2, 0.25) is 0 Å². The summed E-state index contributed by atoms with van der Waals surface area (Å²) in [7, 11) is 0. The van der Waals surface area contributed by atoms with E-state index < -0.39 is 5.97 Å². The highest BCUT2D eigenvalue weighted by Gasteiger charge is 2.26. The number of nitrogens with one attached hydrogen (secondary N) is 2. The number of carbonyl (C=O) groups is 2. The summed E-state index contributed by atoms with van der Waals surface area (Å²) in [6.45, 7) is 7.83. The van der Waals surface area contributed by atoms with Gasteiger partial charge in [0, 0.05) is 19.1 Å². The number of hydrogen-bond acceptors (Lipinski definition) is 3. The van der Waals surface area contributed by atoms with Gasteiger partial charge in [0.25, 0.3) is 0 Å². The molecule has 1 saturated carbocycles. The van der Waals surface area contributed by atoms with E-state index in [0.29, 0.717) is 19.4 Å². The average molecular weight is 299 g/mol. The van der Waals surface area contributed by atoms with Crippen molar-refractivity contribution in [2.45, 2.75) is 52.0 Å². The number of nitrogens with zero attached hydrogens (tertiary/aromatic N) is 1. The first kappa shape index (κ1) is 17.8. The molecule has 0 aromatic carbocycles. The number of hydrogen-bond donors (Lipinski definition) is 3.